The van der Waals surface area contributed by atoms with Crippen molar-refractivity contribution in [3.05, 3.63) is 22.8 Å². The standard InChI is InChI=1S/C15H20ClN3O4/c1-23-13-12(16)6-9(7-17-13)8-18-15(22)19-11-4-2-10(3-5-11)14(20)21/h6-7,10-11H,2-5,8H2,1H3,(H,20,21)(H2,18,19,22). The highest BCUT2D eigenvalue weighted by molar-refractivity contribution is 6.31. The highest BCUT2D eigenvalue weighted by atomic mass is 35.5. The average molecular weight is 342 g/mol. The number of hydrogen-bond donors (Lipinski definition) is 3. The van der Waals surface area contributed by atoms with Crippen LogP contribution in [0.4, 0.5) is 4.79 Å². The summed E-state index contributed by atoms with van der Waals surface area (Å²) in [6.45, 7) is 0.299. The van der Waals surface area contributed by atoms with Crippen LogP contribution in [-0.2, 0) is 11.3 Å². The molecule has 23 heavy (non-hydrogen) atoms. The molecule has 0 spiro atoms. The lowest BCUT2D eigenvalue weighted by Gasteiger charge is -2.26. The second-order valence-corrected chi connectivity index (χ2v) is 5.96. The third-order valence-electron chi connectivity index (χ3n) is 3.92. The van der Waals surface area contributed by atoms with Crippen molar-refractivity contribution in [3.8, 4) is 5.88 Å². The molecular weight excluding hydrogens is 322 g/mol. The van der Waals surface area contributed by atoms with Crippen LogP contribution in [0.25, 0.3) is 0 Å². The minimum absolute atomic E-state index is 0.0168. The Balaban J connectivity index is 1.75. The minimum atomic E-state index is -0.753. The average Bonchev–Trinajstić information content (AvgIpc) is 2.53. The third kappa shape index (κ3) is 4.99. The van der Waals surface area contributed by atoms with Crippen LogP contribution in [0.15, 0.2) is 12.3 Å². The van der Waals surface area contributed by atoms with E-state index < -0.39 is 5.97 Å². The van der Waals surface area contributed by atoms with Gasteiger partial charge in [-0.15, -0.1) is 0 Å². The number of ether oxygens (including phenoxy) is 1. The number of carboxylic acid groups (broad SMARTS) is 1. The lowest BCUT2D eigenvalue weighted by molar-refractivity contribution is -0.142. The fourth-order valence-electron chi connectivity index (χ4n) is 2.62. The Morgan fingerprint density at radius 3 is 2.65 bits per heavy atom. The van der Waals surface area contributed by atoms with Crippen LogP contribution in [-0.4, -0.2) is 35.2 Å². The van der Waals surface area contributed by atoms with E-state index in [-0.39, 0.29) is 18.0 Å². The van der Waals surface area contributed by atoms with Crippen LogP contribution in [0.1, 0.15) is 31.2 Å². The van der Waals surface area contributed by atoms with Gasteiger partial charge in [-0.3, -0.25) is 4.79 Å². The molecule has 0 saturated heterocycles. The Hall–Kier alpha value is -2.02. The molecule has 0 radical (unpaired) electrons. The first kappa shape index (κ1) is 17.3. The van der Waals surface area contributed by atoms with Gasteiger partial charge in [0.15, 0.2) is 0 Å². The number of aromatic nitrogens is 1. The van der Waals surface area contributed by atoms with Gasteiger partial charge in [0.1, 0.15) is 5.02 Å². The third-order valence-corrected chi connectivity index (χ3v) is 4.19. The van der Waals surface area contributed by atoms with Gasteiger partial charge in [0, 0.05) is 18.8 Å². The molecule has 8 heteroatoms. The van der Waals surface area contributed by atoms with Crippen molar-refractivity contribution >= 4 is 23.6 Å². The number of urea groups is 1. The molecule has 3 N–H and O–H groups in total. The number of hydrogen-bond acceptors (Lipinski definition) is 4. The first-order valence-electron chi connectivity index (χ1n) is 7.45. The summed E-state index contributed by atoms with van der Waals surface area (Å²) in [5.41, 5.74) is 0.764. The molecule has 126 valence electrons. The summed E-state index contributed by atoms with van der Waals surface area (Å²) in [6.07, 6.45) is 4.14. The molecule has 1 heterocycles. The van der Waals surface area contributed by atoms with Crippen LogP contribution in [0.2, 0.25) is 5.02 Å². The second-order valence-electron chi connectivity index (χ2n) is 5.55. The molecule has 7 nitrogen and oxygen atoms in total. The number of carbonyl (C=O) groups is 2. The molecule has 1 fully saturated rings. The molecule has 0 unspecified atom stereocenters. The maximum atomic E-state index is 11.9. The van der Waals surface area contributed by atoms with Gasteiger partial charge in [0.2, 0.25) is 5.88 Å². The maximum Gasteiger partial charge on any atom is 0.315 e. The summed E-state index contributed by atoms with van der Waals surface area (Å²) < 4.78 is 4.97. The monoisotopic (exact) mass is 341 g/mol. The van der Waals surface area contributed by atoms with E-state index >= 15 is 0 Å². The zero-order valence-electron chi connectivity index (χ0n) is 12.8. The molecular formula is C15H20ClN3O4. The van der Waals surface area contributed by atoms with E-state index in [2.05, 4.69) is 15.6 Å². The number of nitrogens with zero attached hydrogens (tertiary/aromatic N) is 1. The van der Waals surface area contributed by atoms with E-state index in [4.69, 9.17) is 21.4 Å². The molecule has 0 bridgehead atoms. The predicted molar refractivity (Wildman–Crippen MR) is 84.6 cm³/mol. The first-order valence-corrected chi connectivity index (χ1v) is 7.83. The number of aliphatic carboxylic acids is 1. The topological polar surface area (TPSA) is 101 Å². The SMILES string of the molecule is COc1ncc(CNC(=O)NC2CCC(C(=O)O)CC2)cc1Cl. The van der Waals surface area contributed by atoms with Crippen LogP contribution in [0.5, 0.6) is 5.88 Å². The Bertz CT molecular complexity index is 574. The summed E-state index contributed by atoms with van der Waals surface area (Å²) in [6, 6.07) is 1.42. The van der Waals surface area contributed by atoms with Crippen molar-refractivity contribution < 1.29 is 19.4 Å². The smallest absolute Gasteiger partial charge is 0.315 e. The maximum absolute atomic E-state index is 11.9. The van der Waals surface area contributed by atoms with Gasteiger partial charge in [-0.05, 0) is 37.3 Å². The van der Waals surface area contributed by atoms with Gasteiger partial charge in [-0.25, -0.2) is 9.78 Å². The van der Waals surface area contributed by atoms with Crippen molar-refractivity contribution in [3.63, 3.8) is 0 Å². The molecule has 1 saturated carbocycles. The lowest BCUT2D eigenvalue weighted by Crippen LogP contribution is -2.43. The van der Waals surface area contributed by atoms with E-state index in [1.54, 1.807) is 12.3 Å². The van der Waals surface area contributed by atoms with E-state index in [0.717, 1.165) is 5.56 Å². The van der Waals surface area contributed by atoms with Gasteiger partial charge in [-0.1, -0.05) is 11.6 Å². The molecule has 1 aliphatic rings. The van der Waals surface area contributed by atoms with Crippen LogP contribution in [0.3, 0.4) is 0 Å². The highest BCUT2D eigenvalue weighted by Gasteiger charge is 2.26. The van der Waals surface area contributed by atoms with Crippen LogP contribution < -0.4 is 15.4 Å². The predicted octanol–water partition coefficient (Wildman–Crippen LogP) is 2.19. The summed E-state index contributed by atoms with van der Waals surface area (Å²) in [5, 5.41) is 14.9. The van der Waals surface area contributed by atoms with Crippen LogP contribution >= 0.6 is 11.6 Å². The van der Waals surface area contributed by atoms with Gasteiger partial charge in [-0.2, -0.15) is 0 Å². The van der Waals surface area contributed by atoms with E-state index in [1.807, 2.05) is 0 Å². The Morgan fingerprint density at radius 1 is 1.39 bits per heavy atom. The molecule has 2 rings (SSSR count). The largest absolute Gasteiger partial charge is 0.481 e. The zero-order chi connectivity index (χ0) is 16.8. The van der Waals surface area contributed by atoms with Gasteiger partial charge < -0.3 is 20.5 Å². The molecule has 2 amide bonds. The van der Waals surface area contributed by atoms with Crippen molar-refractivity contribution in [2.45, 2.75) is 38.3 Å². The molecule has 1 aromatic heterocycles. The highest BCUT2D eigenvalue weighted by Crippen LogP contribution is 2.24. The van der Waals surface area contributed by atoms with E-state index in [1.165, 1.54) is 7.11 Å². The number of nitrogens with one attached hydrogen (secondary N) is 2. The van der Waals surface area contributed by atoms with Crippen molar-refractivity contribution in [2.75, 3.05) is 7.11 Å². The van der Waals surface area contributed by atoms with Crippen LogP contribution in [0, 0.1) is 5.92 Å². The van der Waals surface area contributed by atoms with Crippen molar-refractivity contribution in [1.82, 2.24) is 15.6 Å². The van der Waals surface area contributed by atoms with E-state index in [9.17, 15) is 9.59 Å². The van der Waals surface area contributed by atoms with Gasteiger partial charge >= 0.3 is 12.0 Å². The fourth-order valence-corrected chi connectivity index (χ4v) is 2.88. The number of methoxy groups -OCH3 is 1. The van der Waals surface area contributed by atoms with E-state index in [0.29, 0.717) is 43.1 Å². The normalized spacial score (nSPS) is 20.6. The number of rotatable bonds is 5. The number of carbonyl (C=O) groups excluding carboxylic acids is 1. The number of halogens is 1. The summed E-state index contributed by atoms with van der Waals surface area (Å²) in [5.74, 6) is -0.699. The van der Waals surface area contributed by atoms with Crippen molar-refractivity contribution in [1.29, 1.82) is 0 Å². The lowest BCUT2D eigenvalue weighted by atomic mass is 9.86. The first-order chi connectivity index (χ1) is 11.0. The quantitative estimate of drug-likeness (QED) is 0.762. The molecule has 1 aliphatic carbocycles. The Morgan fingerprint density at radius 2 is 2.09 bits per heavy atom. The van der Waals surface area contributed by atoms with Crippen molar-refractivity contribution in [2.24, 2.45) is 5.92 Å². The number of amides is 2. The van der Waals surface area contributed by atoms with Gasteiger partial charge in [0.25, 0.3) is 0 Å². The fraction of sp³-hybridized carbons (Fsp3) is 0.533. The zero-order valence-corrected chi connectivity index (χ0v) is 13.6. The molecule has 0 aliphatic heterocycles. The Labute approximate surface area is 139 Å². The second kappa shape index (κ2) is 8.01. The summed E-state index contributed by atoms with van der Waals surface area (Å²) in [7, 11) is 1.48. The number of carboxylic acids is 1. The number of pyridine rings is 1. The molecule has 1 aromatic rings. The summed E-state index contributed by atoms with van der Waals surface area (Å²) >= 11 is 5.98. The van der Waals surface area contributed by atoms with Gasteiger partial charge in [0.05, 0.1) is 13.0 Å². The summed E-state index contributed by atoms with van der Waals surface area (Å²) in [4.78, 5) is 26.8. The molecule has 0 aromatic carbocycles. The Kier molecular flexibility index (Phi) is 6.04. The molecule has 0 atom stereocenters. The minimum Gasteiger partial charge on any atom is -0.481 e.